The molecular formula is C24H31NO. The highest BCUT2D eigenvalue weighted by molar-refractivity contribution is 6.22. The van der Waals surface area contributed by atoms with Crippen LogP contribution in [0.1, 0.15) is 68.3 Å². The van der Waals surface area contributed by atoms with Crippen LogP contribution in [0.5, 0.6) is 0 Å². The molecular weight excluding hydrogens is 318 g/mol. The zero-order valence-corrected chi connectivity index (χ0v) is 16.1. The number of Topliss-reactive ketones (excluding diaryl/α,β-unsaturated/α-hetero) is 1. The third-order valence-corrected chi connectivity index (χ3v) is 5.91. The molecule has 0 amide bonds. The summed E-state index contributed by atoms with van der Waals surface area (Å²) in [5, 5.41) is 2.27. The van der Waals surface area contributed by atoms with Crippen molar-refractivity contribution in [1.82, 2.24) is 0 Å². The number of ketones is 1. The van der Waals surface area contributed by atoms with Gasteiger partial charge in [-0.05, 0) is 54.7 Å². The van der Waals surface area contributed by atoms with Crippen molar-refractivity contribution >= 4 is 22.6 Å². The van der Waals surface area contributed by atoms with Crippen molar-refractivity contribution in [2.45, 2.75) is 52.4 Å². The van der Waals surface area contributed by atoms with Gasteiger partial charge in [-0.2, -0.15) is 0 Å². The van der Waals surface area contributed by atoms with Crippen molar-refractivity contribution in [1.29, 1.82) is 0 Å². The molecule has 0 saturated heterocycles. The molecule has 1 aliphatic carbocycles. The molecule has 0 spiro atoms. The Morgan fingerprint density at radius 2 is 1.77 bits per heavy atom. The normalized spacial score (nSPS) is 15.8. The van der Waals surface area contributed by atoms with E-state index in [4.69, 9.17) is 5.73 Å². The highest BCUT2D eigenvalue weighted by Gasteiger charge is 2.26. The summed E-state index contributed by atoms with van der Waals surface area (Å²) in [6, 6.07) is 12.4. The number of benzene rings is 2. The Hall–Kier alpha value is -1.93. The Kier molecular flexibility index (Phi) is 6.26. The summed E-state index contributed by atoms with van der Waals surface area (Å²) in [6.45, 7) is 5.27. The number of hydrogen-bond acceptors (Lipinski definition) is 2. The topological polar surface area (TPSA) is 43.1 Å². The molecule has 0 radical (unpaired) electrons. The monoisotopic (exact) mass is 349 g/mol. The van der Waals surface area contributed by atoms with Crippen LogP contribution in [0.4, 0.5) is 0 Å². The fraction of sp³-hybridized carbons (Fsp3) is 0.458. The minimum atomic E-state index is 0.221. The van der Waals surface area contributed by atoms with E-state index in [1.54, 1.807) is 0 Å². The number of allylic oxidation sites excluding steroid dienone is 1. The molecule has 0 fully saturated rings. The highest BCUT2D eigenvalue weighted by atomic mass is 16.1. The third-order valence-electron chi connectivity index (χ3n) is 5.91. The Bertz CT molecular complexity index is 800. The van der Waals surface area contributed by atoms with Gasteiger partial charge in [0, 0.05) is 16.5 Å². The van der Waals surface area contributed by atoms with Crippen LogP contribution in [-0.2, 0) is 0 Å². The number of carbonyl (C=O) groups excluding carboxylic acids is 1. The Labute approximate surface area is 157 Å². The van der Waals surface area contributed by atoms with E-state index in [1.807, 2.05) is 12.1 Å². The molecule has 2 unspecified atom stereocenters. The minimum Gasteiger partial charge on any atom is -0.330 e. The van der Waals surface area contributed by atoms with E-state index in [2.05, 4.69) is 44.2 Å². The van der Waals surface area contributed by atoms with Crippen LogP contribution in [0.2, 0.25) is 0 Å². The van der Waals surface area contributed by atoms with Crippen LogP contribution in [0, 0.1) is 11.8 Å². The van der Waals surface area contributed by atoms with Gasteiger partial charge in [0.15, 0.2) is 5.78 Å². The van der Waals surface area contributed by atoms with Gasteiger partial charge in [-0.1, -0.05) is 69.5 Å². The zero-order chi connectivity index (χ0) is 18.5. The lowest BCUT2D eigenvalue weighted by Crippen LogP contribution is -2.20. The van der Waals surface area contributed by atoms with Crippen LogP contribution in [0.25, 0.3) is 16.8 Å². The third kappa shape index (κ3) is 3.76. The van der Waals surface area contributed by atoms with Crippen LogP contribution in [0.3, 0.4) is 0 Å². The van der Waals surface area contributed by atoms with Crippen molar-refractivity contribution < 1.29 is 4.79 Å². The summed E-state index contributed by atoms with van der Waals surface area (Å²) < 4.78 is 0. The van der Waals surface area contributed by atoms with Crippen molar-refractivity contribution in [3.8, 4) is 0 Å². The van der Waals surface area contributed by atoms with Crippen molar-refractivity contribution in [2.24, 2.45) is 17.6 Å². The minimum absolute atomic E-state index is 0.221. The molecule has 2 aromatic rings. The van der Waals surface area contributed by atoms with Gasteiger partial charge >= 0.3 is 0 Å². The lowest BCUT2D eigenvalue weighted by atomic mass is 9.76. The lowest BCUT2D eigenvalue weighted by Gasteiger charge is -2.28. The maximum atomic E-state index is 13.2. The van der Waals surface area contributed by atoms with Gasteiger partial charge in [0.25, 0.3) is 0 Å². The summed E-state index contributed by atoms with van der Waals surface area (Å²) in [7, 11) is 0. The molecule has 0 saturated carbocycles. The zero-order valence-electron chi connectivity index (χ0n) is 16.1. The molecule has 2 aromatic carbocycles. The molecule has 138 valence electrons. The van der Waals surface area contributed by atoms with Crippen LogP contribution in [-0.4, -0.2) is 12.3 Å². The SMILES string of the molecule is CCCC(CC)C(CCCN)CC1=Cc2cccc3cccc(c23)C1=O. The lowest BCUT2D eigenvalue weighted by molar-refractivity contribution is 0.102. The maximum absolute atomic E-state index is 13.2. The molecule has 0 aromatic heterocycles. The molecule has 2 atom stereocenters. The first-order valence-corrected chi connectivity index (χ1v) is 10.2. The van der Waals surface area contributed by atoms with Gasteiger partial charge in [0.2, 0.25) is 0 Å². The van der Waals surface area contributed by atoms with Crippen molar-refractivity contribution in [3.63, 3.8) is 0 Å². The highest BCUT2D eigenvalue weighted by Crippen LogP contribution is 2.37. The van der Waals surface area contributed by atoms with E-state index in [0.717, 1.165) is 47.7 Å². The predicted octanol–water partition coefficient (Wildman–Crippen LogP) is 5.99. The molecule has 2 nitrogen and oxygen atoms in total. The van der Waals surface area contributed by atoms with E-state index < -0.39 is 0 Å². The first-order valence-electron chi connectivity index (χ1n) is 10.2. The van der Waals surface area contributed by atoms with Gasteiger partial charge < -0.3 is 5.73 Å². The molecule has 0 aliphatic heterocycles. The van der Waals surface area contributed by atoms with Gasteiger partial charge in [-0.15, -0.1) is 0 Å². The fourth-order valence-corrected chi connectivity index (χ4v) is 4.57. The summed E-state index contributed by atoms with van der Waals surface area (Å²) in [5.41, 5.74) is 8.83. The summed E-state index contributed by atoms with van der Waals surface area (Å²) in [5.74, 6) is 1.44. The van der Waals surface area contributed by atoms with Crippen LogP contribution >= 0.6 is 0 Å². The standard InChI is InChI=1S/C24H31NO/c1-3-8-17(4-2)19(12-7-14-25)15-21-16-20-11-5-9-18-10-6-13-22(23(18)20)24(21)26/h5-6,9-11,13,16-17,19H,3-4,7-8,12,14-15,25H2,1-2H3. The van der Waals surface area contributed by atoms with E-state index >= 15 is 0 Å². The molecule has 0 bridgehead atoms. The number of carbonyl (C=O) groups is 1. The Morgan fingerprint density at radius 3 is 2.46 bits per heavy atom. The average molecular weight is 350 g/mol. The van der Waals surface area contributed by atoms with E-state index in [9.17, 15) is 4.79 Å². The number of nitrogens with two attached hydrogens (primary N) is 1. The second-order valence-corrected chi connectivity index (χ2v) is 7.60. The van der Waals surface area contributed by atoms with Crippen LogP contribution in [0.15, 0.2) is 42.0 Å². The second kappa shape index (κ2) is 8.64. The molecule has 1 aliphatic rings. The van der Waals surface area contributed by atoms with E-state index in [-0.39, 0.29) is 5.78 Å². The number of hydrogen-bond donors (Lipinski definition) is 1. The predicted molar refractivity (Wildman–Crippen MR) is 111 cm³/mol. The first-order chi connectivity index (χ1) is 12.7. The quantitative estimate of drug-likeness (QED) is 0.604. The molecule has 2 N–H and O–H groups in total. The molecule has 26 heavy (non-hydrogen) atoms. The Balaban J connectivity index is 1.93. The second-order valence-electron chi connectivity index (χ2n) is 7.60. The van der Waals surface area contributed by atoms with Crippen molar-refractivity contribution in [2.75, 3.05) is 6.54 Å². The van der Waals surface area contributed by atoms with Crippen LogP contribution < -0.4 is 5.73 Å². The Morgan fingerprint density at radius 1 is 1.00 bits per heavy atom. The molecule has 0 heterocycles. The summed E-state index contributed by atoms with van der Waals surface area (Å²) in [4.78, 5) is 13.2. The van der Waals surface area contributed by atoms with Crippen molar-refractivity contribution in [3.05, 3.63) is 53.1 Å². The summed E-state index contributed by atoms with van der Waals surface area (Å²) in [6.07, 6.45) is 8.79. The van der Waals surface area contributed by atoms with E-state index in [0.29, 0.717) is 11.8 Å². The summed E-state index contributed by atoms with van der Waals surface area (Å²) >= 11 is 0. The average Bonchev–Trinajstić information content (AvgIpc) is 2.67. The van der Waals surface area contributed by atoms with Gasteiger partial charge in [0.05, 0.1) is 0 Å². The smallest absolute Gasteiger partial charge is 0.189 e. The number of rotatable bonds is 9. The van der Waals surface area contributed by atoms with E-state index in [1.165, 1.54) is 24.8 Å². The van der Waals surface area contributed by atoms with Gasteiger partial charge in [-0.3, -0.25) is 4.79 Å². The maximum Gasteiger partial charge on any atom is 0.189 e. The molecule has 3 rings (SSSR count). The van der Waals surface area contributed by atoms with Gasteiger partial charge in [-0.25, -0.2) is 0 Å². The first kappa shape index (κ1) is 18.8. The fourth-order valence-electron chi connectivity index (χ4n) is 4.57. The molecule has 2 heteroatoms. The van der Waals surface area contributed by atoms with Gasteiger partial charge in [0.1, 0.15) is 0 Å². The largest absolute Gasteiger partial charge is 0.330 e.